The minimum atomic E-state index is 0.990. The summed E-state index contributed by atoms with van der Waals surface area (Å²) in [6.45, 7) is 0. The van der Waals surface area contributed by atoms with Crippen LogP contribution < -0.4 is 0 Å². The highest BCUT2D eigenvalue weighted by Gasteiger charge is 2.23. The number of hydrogen-bond donors (Lipinski definition) is 0. The number of benzene rings is 5. The van der Waals surface area contributed by atoms with Gasteiger partial charge in [0.05, 0.1) is 16.1 Å². The molecular formula is C37H24N2S. The molecule has 0 aliphatic carbocycles. The minimum absolute atomic E-state index is 0.990. The molecule has 8 aromatic rings. The summed E-state index contributed by atoms with van der Waals surface area (Å²) in [6, 6.07) is 49.8. The number of hydrogen-bond acceptors (Lipinski definition) is 2. The molecule has 0 N–H and O–H groups in total. The third-order valence-electron chi connectivity index (χ3n) is 7.72. The fourth-order valence-corrected chi connectivity index (χ4v) is 6.67. The first-order valence-corrected chi connectivity index (χ1v) is 14.4. The van der Waals surface area contributed by atoms with Gasteiger partial charge in [-0.25, -0.2) is 4.52 Å². The van der Waals surface area contributed by atoms with Crippen LogP contribution in [0.1, 0.15) is 0 Å². The van der Waals surface area contributed by atoms with E-state index in [-0.39, 0.29) is 0 Å². The van der Waals surface area contributed by atoms with Gasteiger partial charge in [0.2, 0.25) is 0 Å². The fourth-order valence-electron chi connectivity index (χ4n) is 5.94. The summed E-state index contributed by atoms with van der Waals surface area (Å²) in [5.74, 6) is 0. The van der Waals surface area contributed by atoms with Crippen molar-refractivity contribution in [2.45, 2.75) is 0 Å². The van der Waals surface area contributed by atoms with Crippen molar-refractivity contribution in [2.24, 2.45) is 0 Å². The van der Waals surface area contributed by atoms with E-state index < -0.39 is 0 Å². The Balaban J connectivity index is 1.53. The molecule has 0 atom stereocenters. The van der Waals surface area contributed by atoms with E-state index in [0.717, 1.165) is 33.6 Å². The molecule has 0 saturated heterocycles. The van der Waals surface area contributed by atoms with Crippen LogP contribution in [-0.4, -0.2) is 9.61 Å². The van der Waals surface area contributed by atoms with Crippen LogP contribution in [-0.2, 0) is 0 Å². The Morgan fingerprint density at radius 2 is 1.20 bits per heavy atom. The van der Waals surface area contributed by atoms with Gasteiger partial charge in [0.1, 0.15) is 5.69 Å². The standard InChI is InChI=1S/C37H24N2S/c1-2-13-26(14-3-1)35-36(32-20-9-8-19-31(32)30-21-10-16-25-12-4-6-17-28(25)30)38-39-33(34-22-11-23-40-34)24-27-15-5-7-18-29(27)37(35)39/h1-24H. The van der Waals surface area contributed by atoms with Gasteiger partial charge < -0.3 is 0 Å². The molecule has 3 heteroatoms. The normalized spacial score (nSPS) is 11.5. The average molecular weight is 529 g/mol. The number of rotatable bonds is 4. The van der Waals surface area contributed by atoms with Crippen molar-refractivity contribution in [1.82, 2.24) is 9.61 Å². The second-order valence-electron chi connectivity index (χ2n) is 10.0. The van der Waals surface area contributed by atoms with Crippen LogP contribution in [0.4, 0.5) is 0 Å². The zero-order chi connectivity index (χ0) is 26.5. The molecule has 0 aliphatic heterocycles. The van der Waals surface area contributed by atoms with Crippen LogP contribution in [0.25, 0.3) is 71.1 Å². The molecule has 0 radical (unpaired) electrons. The van der Waals surface area contributed by atoms with Crippen molar-refractivity contribution in [3.63, 3.8) is 0 Å². The Hall–Kier alpha value is -4.99. The molecule has 8 rings (SSSR count). The van der Waals surface area contributed by atoms with Crippen molar-refractivity contribution in [3.8, 4) is 44.1 Å². The molecule has 3 aromatic heterocycles. The van der Waals surface area contributed by atoms with Gasteiger partial charge in [-0.2, -0.15) is 5.10 Å². The molecule has 0 bridgehead atoms. The lowest BCUT2D eigenvalue weighted by atomic mass is 9.90. The Labute approximate surface area is 236 Å². The largest absolute Gasteiger partial charge is 0.230 e. The maximum absolute atomic E-state index is 5.45. The van der Waals surface area contributed by atoms with Crippen LogP contribution in [0.3, 0.4) is 0 Å². The number of pyridine rings is 1. The number of thiophene rings is 1. The van der Waals surface area contributed by atoms with Gasteiger partial charge in [-0.1, -0.05) is 127 Å². The monoisotopic (exact) mass is 528 g/mol. The highest BCUT2D eigenvalue weighted by atomic mass is 32.1. The first-order chi connectivity index (χ1) is 19.9. The predicted octanol–water partition coefficient (Wildman–Crippen LogP) is 10.4. The van der Waals surface area contributed by atoms with Gasteiger partial charge in [-0.15, -0.1) is 11.3 Å². The zero-order valence-corrected chi connectivity index (χ0v) is 22.5. The van der Waals surface area contributed by atoms with E-state index in [2.05, 4.69) is 149 Å². The average Bonchev–Trinajstić information content (AvgIpc) is 3.70. The summed E-state index contributed by atoms with van der Waals surface area (Å²) in [7, 11) is 0. The topological polar surface area (TPSA) is 17.3 Å². The van der Waals surface area contributed by atoms with E-state index in [1.807, 2.05) is 0 Å². The van der Waals surface area contributed by atoms with E-state index in [9.17, 15) is 0 Å². The maximum atomic E-state index is 5.45. The van der Waals surface area contributed by atoms with E-state index >= 15 is 0 Å². The van der Waals surface area contributed by atoms with E-state index in [1.54, 1.807) is 11.3 Å². The van der Waals surface area contributed by atoms with Gasteiger partial charge >= 0.3 is 0 Å². The maximum Gasteiger partial charge on any atom is 0.102 e. The Morgan fingerprint density at radius 1 is 0.525 bits per heavy atom. The lowest BCUT2D eigenvalue weighted by Crippen LogP contribution is -1.94. The Bertz CT molecular complexity index is 2150. The van der Waals surface area contributed by atoms with Crippen LogP contribution >= 0.6 is 11.3 Å². The first kappa shape index (κ1) is 22.9. The molecule has 188 valence electrons. The summed E-state index contributed by atoms with van der Waals surface area (Å²) < 4.78 is 2.17. The predicted molar refractivity (Wildman–Crippen MR) is 170 cm³/mol. The second-order valence-corrected chi connectivity index (χ2v) is 11.0. The number of fused-ring (bicyclic) bond motifs is 4. The van der Waals surface area contributed by atoms with E-state index in [0.29, 0.717) is 0 Å². The van der Waals surface area contributed by atoms with Crippen molar-refractivity contribution in [1.29, 1.82) is 0 Å². The molecule has 2 nitrogen and oxygen atoms in total. The lowest BCUT2D eigenvalue weighted by molar-refractivity contribution is 0.982. The second kappa shape index (κ2) is 9.33. The third kappa shape index (κ3) is 3.59. The van der Waals surface area contributed by atoms with Crippen LogP contribution in [0, 0.1) is 0 Å². The summed E-state index contributed by atoms with van der Waals surface area (Å²) in [5.41, 5.74) is 9.07. The Morgan fingerprint density at radius 3 is 2.02 bits per heavy atom. The molecule has 5 aromatic carbocycles. The number of nitrogens with zero attached hydrogens (tertiary/aromatic N) is 2. The lowest BCUT2D eigenvalue weighted by Gasteiger charge is -2.13. The van der Waals surface area contributed by atoms with Gasteiger partial charge in [0.25, 0.3) is 0 Å². The van der Waals surface area contributed by atoms with Crippen LogP contribution in [0.15, 0.2) is 145 Å². The summed E-state index contributed by atoms with van der Waals surface area (Å²) in [5, 5.41) is 12.5. The van der Waals surface area contributed by atoms with E-state index in [1.165, 1.54) is 37.5 Å². The molecule has 40 heavy (non-hydrogen) atoms. The highest BCUT2D eigenvalue weighted by molar-refractivity contribution is 7.13. The van der Waals surface area contributed by atoms with Gasteiger partial charge in [-0.05, 0) is 50.4 Å². The fraction of sp³-hybridized carbons (Fsp3) is 0. The number of aromatic nitrogens is 2. The smallest absolute Gasteiger partial charge is 0.102 e. The van der Waals surface area contributed by atoms with E-state index in [4.69, 9.17) is 5.10 Å². The van der Waals surface area contributed by atoms with Gasteiger partial charge in [-0.3, -0.25) is 0 Å². The molecule has 0 amide bonds. The zero-order valence-electron chi connectivity index (χ0n) is 21.7. The van der Waals surface area contributed by atoms with Gasteiger partial charge in [0.15, 0.2) is 0 Å². The van der Waals surface area contributed by atoms with Crippen molar-refractivity contribution >= 4 is 38.4 Å². The highest BCUT2D eigenvalue weighted by Crippen LogP contribution is 2.44. The quantitative estimate of drug-likeness (QED) is 0.222. The molecule has 0 fully saturated rings. The third-order valence-corrected chi connectivity index (χ3v) is 8.61. The summed E-state index contributed by atoms with van der Waals surface area (Å²) >= 11 is 1.75. The SMILES string of the molecule is c1ccc(-c2c(-c3ccccc3-c3cccc4ccccc34)nn3c(-c4cccs4)cc4ccccc4c23)cc1. The molecule has 0 unspecified atom stereocenters. The van der Waals surface area contributed by atoms with Crippen molar-refractivity contribution in [2.75, 3.05) is 0 Å². The van der Waals surface area contributed by atoms with Crippen molar-refractivity contribution < 1.29 is 0 Å². The molecular weight excluding hydrogens is 504 g/mol. The van der Waals surface area contributed by atoms with Crippen LogP contribution in [0.5, 0.6) is 0 Å². The van der Waals surface area contributed by atoms with Crippen molar-refractivity contribution in [3.05, 3.63) is 145 Å². The Kier molecular flexibility index (Phi) is 5.35. The molecule has 3 heterocycles. The summed E-state index contributed by atoms with van der Waals surface area (Å²) in [6.07, 6.45) is 0. The molecule has 0 saturated carbocycles. The first-order valence-electron chi connectivity index (χ1n) is 13.5. The molecule has 0 spiro atoms. The minimum Gasteiger partial charge on any atom is -0.230 e. The van der Waals surface area contributed by atoms with Crippen LogP contribution in [0.2, 0.25) is 0 Å². The van der Waals surface area contributed by atoms with Gasteiger partial charge in [0, 0.05) is 16.5 Å². The molecule has 0 aliphatic rings. The summed E-state index contributed by atoms with van der Waals surface area (Å²) in [4.78, 5) is 1.20.